The van der Waals surface area contributed by atoms with Crippen molar-refractivity contribution in [3.63, 3.8) is 0 Å². The lowest BCUT2D eigenvalue weighted by Crippen LogP contribution is -2.48. The average Bonchev–Trinajstić information content (AvgIpc) is 3.14. The molecule has 2 atom stereocenters. The van der Waals surface area contributed by atoms with E-state index in [1.807, 2.05) is 29.2 Å². The van der Waals surface area contributed by atoms with Crippen LogP contribution in [-0.2, 0) is 6.54 Å². The second-order valence-corrected chi connectivity index (χ2v) is 8.68. The number of hydrogen-bond acceptors (Lipinski definition) is 4. The molecule has 4 rings (SSSR count). The predicted octanol–water partition coefficient (Wildman–Crippen LogP) is 4.39. The van der Waals surface area contributed by atoms with Gasteiger partial charge in [0.05, 0.1) is 12.7 Å². The number of fused-ring (bicyclic) bond motifs is 3. The van der Waals surface area contributed by atoms with Crippen LogP contribution >= 0.6 is 0 Å². The predicted molar refractivity (Wildman–Crippen MR) is 121 cm³/mol. The molecule has 30 heavy (non-hydrogen) atoms. The van der Waals surface area contributed by atoms with Gasteiger partial charge in [-0.25, -0.2) is 0 Å². The lowest BCUT2D eigenvalue weighted by atomic mass is 10.1. The molecule has 1 fully saturated rings. The molecule has 5 nitrogen and oxygen atoms in total. The summed E-state index contributed by atoms with van der Waals surface area (Å²) < 4.78 is 5.50. The Balaban J connectivity index is 1.71. The number of anilines is 1. The standard InChI is InChI=1S/C25H33N3O2/c1-18(2)28-20-12-13-21(28)17-27(25(29)22-9-5-7-11-24(22)30-3)16-19-8-4-6-10-23(19)26-15-14-20/h4-11,18,20-21,26H,12-17H2,1-3H3/t20-,21+/m1/s1. The summed E-state index contributed by atoms with van der Waals surface area (Å²) in [4.78, 5) is 18.4. The van der Waals surface area contributed by atoms with Crippen molar-refractivity contribution >= 4 is 11.6 Å². The van der Waals surface area contributed by atoms with Crippen molar-refractivity contribution in [2.24, 2.45) is 0 Å². The van der Waals surface area contributed by atoms with Gasteiger partial charge in [-0.2, -0.15) is 0 Å². The maximum Gasteiger partial charge on any atom is 0.257 e. The van der Waals surface area contributed by atoms with Gasteiger partial charge in [0.2, 0.25) is 0 Å². The van der Waals surface area contributed by atoms with Crippen LogP contribution < -0.4 is 10.1 Å². The lowest BCUT2D eigenvalue weighted by molar-refractivity contribution is 0.0631. The molecule has 2 aliphatic rings. The summed E-state index contributed by atoms with van der Waals surface area (Å²) in [6, 6.07) is 17.3. The fourth-order valence-electron chi connectivity index (χ4n) is 5.18. The second kappa shape index (κ2) is 9.09. The minimum absolute atomic E-state index is 0.0358. The van der Waals surface area contributed by atoms with Crippen molar-refractivity contribution in [2.45, 2.75) is 57.8 Å². The van der Waals surface area contributed by atoms with Gasteiger partial charge in [-0.3, -0.25) is 9.69 Å². The molecule has 2 aromatic carbocycles. The average molecular weight is 408 g/mol. The van der Waals surface area contributed by atoms with Gasteiger partial charge in [0.15, 0.2) is 0 Å². The molecule has 0 saturated carbocycles. The summed E-state index contributed by atoms with van der Waals surface area (Å²) in [5.41, 5.74) is 2.92. The van der Waals surface area contributed by atoms with Crippen molar-refractivity contribution < 1.29 is 9.53 Å². The monoisotopic (exact) mass is 407 g/mol. The van der Waals surface area contributed by atoms with Gasteiger partial charge in [-0.05, 0) is 56.9 Å². The Bertz CT molecular complexity index is 882. The van der Waals surface area contributed by atoms with Crippen LogP contribution in [0.1, 0.15) is 49.0 Å². The molecule has 2 aromatic rings. The van der Waals surface area contributed by atoms with Gasteiger partial charge in [0.1, 0.15) is 5.75 Å². The summed E-state index contributed by atoms with van der Waals surface area (Å²) in [6.45, 7) is 6.84. The Labute approximate surface area is 180 Å². The van der Waals surface area contributed by atoms with E-state index in [4.69, 9.17) is 4.74 Å². The van der Waals surface area contributed by atoms with Crippen molar-refractivity contribution in [1.82, 2.24) is 9.80 Å². The van der Waals surface area contributed by atoms with Gasteiger partial charge in [-0.1, -0.05) is 30.3 Å². The highest BCUT2D eigenvalue weighted by Gasteiger charge is 2.37. The van der Waals surface area contributed by atoms with Gasteiger partial charge in [0.25, 0.3) is 5.91 Å². The summed E-state index contributed by atoms with van der Waals surface area (Å²) in [5, 5.41) is 3.64. The highest BCUT2D eigenvalue weighted by Crippen LogP contribution is 2.32. The van der Waals surface area contributed by atoms with E-state index in [-0.39, 0.29) is 5.91 Å². The first-order valence-corrected chi connectivity index (χ1v) is 11.1. The van der Waals surface area contributed by atoms with Crippen LogP contribution in [0, 0.1) is 0 Å². The quantitative estimate of drug-likeness (QED) is 0.819. The van der Waals surface area contributed by atoms with Crippen LogP contribution in [0.15, 0.2) is 48.5 Å². The van der Waals surface area contributed by atoms with E-state index in [1.165, 1.54) is 6.42 Å². The molecule has 0 radical (unpaired) electrons. The number of benzene rings is 2. The number of methoxy groups -OCH3 is 1. The third-order valence-electron chi connectivity index (χ3n) is 6.50. The second-order valence-electron chi connectivity index (χ2n) is 8.68. The first-order valence-electron chi connectivity index (χ1n) is 11.1. The number of carbonyl (C=O) groups excluding carboxylic acids is 1. The fourth-order valence-corrected chi connectivity index (χ4v) is 5.18. The molecule has 1 N–H and O–H groups in total. The third kappa shape index (κ3) is 4.17. The van der Waals surface area contributed by atoms with Gasteiger partial charge < -0.3 is 15.0 Å². The highest BCUT2D eigenvalue weighted by atomic mass is 16.5. The number of ether oxygens (including phenoxy) is 1. The molecule has 5 heteroatoms. The molecule has 1 saturated heterocycles. The number of carbonyl (C=O) groups is 1. The van der Waals surface area contributed by atoms with E-state index in [1.54, 1.807) is 7.11 Å². The minimum Gasteiger partial charge on any atom is -0.496 e. The topological polar surface area (TPSA) is 44.8 Å². The van der Waals surface area contributed by atoms with Crippen LogP contribution in [0.2, 0.25) is 0 Å². The zero-order chi connectivity index (χ0) is 21.1. The molecular formula is C25H33N3O2. The Morgan fingerprint density at radius 2 is 1.77 bits per heavy atom. The maximum atomic E-state index is 13.7. The van der Waals surface area contributed by atoms with Gasteiger partial charge >= 0.3 is 0 Å². The molecule has 160 valence electrons. The largest absolute Gasteiger partial charge is 0.496 e. The first-order chi connectivity index (χ1) is 14.6. The molecule has 2 heterocycles. The zero-order valence-corrected chi connectivity index (χ0v) is 18.3. The number of para-hydroxylation sites is 2. The van der Waals surface area contributed by atoms with Crippen LogP contribution in [0.3, 0.4) is 0 Å². The summed E-state index contributed by atoms with van der Waals surface area (Å²) in [6.07, 6.45) is 3.46. The van der Waals surface area contributed by atoms with E-state index >= 15 is 0 Å². The number of nitrogens with one attached hydrogen (secondary N) is 1. The van der Waals surface area contributed by atoms with Crippen molar-refractivity contribution in [2.75, 3.05) is 25.5 Å². The third-order valence-corrected chi connectivity index (χ3v) is 6.50. The number of amides is 1. The van der Waals surface area contributed by atoms with Crippen molar-refractivity contribution in [1.29, 1.82) is 0 Å². The van der Waals surface area contributed by atoms with Crippen LogP contribution in [0.5, 0.6) is 5.75 Å². The Morgan fingerprint density at radius 1 is 1.03 bits per heavy atom. The molecule has 0 unspecified atom stereocenters. The summed E-state index contributed by atoms with van der Waals surface area (Å²) >= 11 is 0. The van der Waals surface area contributed by atoms with E-state index in [0.717, 1.165) is 37.2 Å². The number of rotatable bonds is 3. The highest BCUT2D eigenvalue weighted by molar-refractivity contribution is 5.97. The zero-order valence-electron chi connectivity index (χ0n) is 18.3. The SMILES string of the molecule is COc1ccccc1C(=O)N1Cc2ccccc2NCC[C@H]2CC[C@@H](C1)N2C(C)C. The van der Waals surface area contributed by atoms with Gasteiger partial charge in [-0.15, -0.1) is 0 Å². The number of hydrogen-bond donors (Lipinski definition) is 1. The first kappa shape index (κ1) is 20.7. The lowest BCUT2D eigenvalue weighted by Gasteiger charge is -2.36. The Kier molecular flexibility index (Phi) is 6.28. The smallest absolute Gasteiger partial charge is 0.257 e. The molecule has 0 aliphatic carbocycles. The van der Waals surface area contributed by atoms with E-state index in [0.29, 0.717) is 36.0 Å². The van der Waals surface area contributed by atoms with E-state index in [2.05, 4.69) is 48.3 Å². The molecule has 2 aliphatic heterocycles. The van der Waals surface area contributed by atoms with Crippen molar-refractivity contribution in [3.05, 3.63) is 59.7 Å². The van der Waals surface area contributed by atoms with Crippen molar-refractivity contribution in [3.8, 4) is 5.75 Å². The summed E-state index contributed by atoms with van der Waals surface area (Å²) in [5.74, 6) is 0.668. The van der Waals surface area contributed by atoms with Crippen LogP contribution in [-0.4, -0.2) is 54.0 Å². The summed E-state index contributed by atoms with van der Waals surface area (Å²) in [7, 11) is 1.63. The van der Waals surface area contributed by atoms with Crippen LogP contribution in [0.4, 0.5) is 5.69 Å². The van der Waals surface area contributed by atoms with Gasteiger partial charge in [0, 0.05) is 43.4 Å². The van der Waals surface area contributed by atoms with Crippen LogP contribution in [0.25, 0.3) is 0 Å². The van der Waals surface area contributed by atoms with E-state index < -0.39 is 0 Å². The number of nitrogens with zero attached hydrogens (tertiary/aromatic N) is 2. The van der Waals surface area contributed by atoms with E-state index in [9.17, 15) is 4.79 Å². The Hall–Kier alpha value is -2.53. The Morgan fingerprint density at radius 3 is 2.57 bits per heavy atom. The molecule has 0 aromatic heterocycles. The minimum atomic E-state index is 0.0358. The maximum absolute atomic E-state index is 13.7. The molecular weight excluding hydrogens is 374 g/mol. The molecule has 1 amide bonds. The molecule has 0 spiro atoms. The fraction of sp³-hybridized carbons (Fsp3) is 0.480. The normalized spacial score (nSPS) is 22.2. The molecule has 2 bridgehead atoms.